The van der Waals surface area contributed by atoms with Gasteiger partial charge in [-0.05, 0) is 42.8 Å². The van der Waals surface area contributed by atoms with Gasteiger partial charge in [-0.1, -0.05) is 12.1 Å². The summed E-state index contributed by atoms with van der Waals surface area (Å²) < 4.78 is 32.7. The fourth-order valence-corrected chi connectivity index (χ4v) is 3.39. The SMILES string of the molecule is CC1CN(c2ccnc3cc(F)ccc23)CC(c2ccc(F)cc2)O1. The maximum absolute atomic E-state index is 13.5. The van der Waals surface area contributed by atoms with Crippen LogP contribution in [0.2, 0.25) is 0 Å². The largest absolute Gasteiger partial charge is 0.367 e. The van der Waals surface area contributed by atoms with Gasteiger partial charge in [-0.3, -0.25) is 4.98 Å². The summed E-state index contributed by atoms with van der Waals surface area (Å²) in [6, 6.07) is 13.0. The summed E-state index contributed by atoms with van der Waals surface area (Å²) in [5.41, 5.74) is 2.59. The molecule has 25 heavy (non-hydrogen) atoms. The lowest BCUT2D eigenvalue weighted by molar-refractivity contribution is -0.0173. The third-order valence-corrected chi connectivity index (χ3v) is 4.52. The van der Waals surface area contributed by atoms with Crippen molar-refractivity contribution in [2.75, 3.05) is 18.0 Å². The first-order chi connectivity index (χ1) is 12.1. The molecule has 128 valence electrons. The molecule has 3 aromatic rings. The van der Waals surface area contributed by atoms with Gasteiger partial charge < -0.3 is 9.64 Å². The van der Waals surface area contributed by atoms with Crippen LogP contribution in [-0.2, 0) is 4.74 Å². The molecule has 0 bridgehead atoms. The first kappa shape index (κ1) is 16.0. The van der Waals surface area contributed by atoms with Gasteiger partial charge in [0.1, 0.15) is 17.7 Å². The molecule has 0 aliphatic carbocycles. The van der Waals surface area contributed by atoms with E-state index in [2.05, 4.69) is 9.88 Å². The summed E-state index contributed by atoms with van der Waals surface area (Å²) in [6.07, 6.45) is 1.57. The van der Waals surface area contributed by atoms with E-state index in [-0.39, 0.29) is 23.8 Å². The molecule has 2 aromatic carbocycles. The zero-order valence-electron chi connectivity index (χ0n) is 13.8. The number of pyridine rings is 1. The maximum atomic E-state index is 13.5. The van der Waals surface area contributed by atoms with E-state index >= 15 is 0 Å². The minimum absolute atomic E-state index is 0.0208. The molecule has 0 amide bonds. The van der Waals surface area contributed by atoms with E-state index in [0.29, 0.717) is 12.1 Å². The Labute approximate surface area is 144 Å². The van der Waals surface area contributed by atoms with Crippen molar-refractivity contribution in [3.63, 3.8) is 0 Å². The van der Waals surface area contributed by atoms with Crippen LogP contribution in [0.3, 0.4) is 0 Å². The number of anilines is 1. The molecule has 1 saturated heterocycles. The lowest BCUT2D eigenvalue weighted by atomic mass is 10.0. The Balaban J connectivity index is 1.69. The van der Waals surface area contributed by atoms with Crippen LogP contribution in [0.15, 0.2) is 54.7 Å². The Morgan fingerprint density at radius 3 is 2.56 bits per heavy atom. The van der Waals surface area contributed by atoms with Crippen molar-refractivity contribution in [3.05, 3.63) is 71.9 Å². The van der Waals surface area contributed by atoms with Crippen molar-refractivity contribution < 1.29 is 13.5 Å². The third-order valence-electron chi connectivity index (χ3n) is 4.52. The van der Waals surface area contributed by atoms with Crippen LogP contribution >= 0.6 is 0 Å². The van der Waals surface area contributed by atoms with Crippen molar-refractivity contribution in [1.82, 2.24) is 4.98 Å². The van der Waals surface area contributed by atoms with Crippen molar-refractivity contribution in [2.45, 2.75) is 19.1 Å². The molecule has 1 aliphatic heterocycles. The van der Waals surface area contributed by atoms with Gasteiger partial charge in [-0.25, -0.2) is 8.78 Å². The smallest absolute Gasteiger partial charge is 0.125 e. The second-order valence-corrected chi connectivity index (χ2v) is 6.38. The number of morpholine rings is 1. The molecule has 0 saturated carbocycles. The summed E-state index contributed by atoms with van der Waals surface area (Å²) >= 11 is 0. The monoisotopic (exact) mass is 340 g/mol. The number of aromatic nitrogens is 1. The van der Waals surface area contributed by atoms with Gasteiger partial charge in [-0.2, -0.15) is 0 Å². The van der Waals surface area contributed by atoms with E-state index in [1.165, 1.54) is 24.3 Å². The van der Waals surface area contributed by atoms with Crippen LogP contribution < -0.4 is 4.90 Å². The Morgan fingerprint density at radius 2 is 1.76 bits per heavy atom. The molecule has 5 heteroatoms. The summed E-state index contributed by atoms with van der Waals surface area (Å²) in [5.74, 6) is -0.552. The average molecular weight is 340 g/mol. The molecular formula is C20H18F2N2O. The number of rotatable bonds is 2. The van der Waals surface area contributed by atoms with Gasteiger partial charge in [-0.15, -0.1) is 0 Å². The van der Waals surface area contributed by atoms with Crippen LogP contribution in [-0.4, -0.2) is 24.2 Å². The van der Waals surface area contributed by atoms with E-state index < -0.39 is 0 Å². The highest BCUT2D eigenvalue weighted by molar-refractivity contribution is 5.91. The summed E-state index contributed by atoms with van der Waals surface area (Å²) in [5, 5.41) is 0.913. The van der Waals surface area contributed by atoms with Gasteiger partial charge in [0.15, 0.2) is 0 Å². The number of hydrogen-bond acceptors (Lipinski definition) is 3. The Bertz CT molecular complexity index is 898. The molecule has 0 N–H and O–H groups in total. The fourth-order valence-electron chi connectivity index (χ4n) is 3.39. The molecular weight excluding hydrogens is 322 g/mol. The number of halogens is 2. The van der Waals surface area contributed by atoms with E-state index in [9.17, 15) is 8.78 Å². The van der Waals surface area contributed by atoms with Crippen molar-refractivity contribution in [1.29, 1.82) is 0 Å². The Morgan fingerprint density at radius 1 is 1.00 bits per heavy atom. The zero-order valence-corrected chi connectivity index (χ0v) is 13.8. The van der Waals surface area contributed by atoms with Crippen LogP contribution in [0.5, 0.6) is 0 Å². The summed E-state index contributed by atoms with van der Waals surface area (Å²) in [7, 11) is 0. The van der Waals surface area contributed by atoms with Crippen LogP contribution in [0.1, 0.15) is 18.6 Å². The Hall–Kier alpha value is -2.53. The quantitative estimate of drug-likeness (QED) is 0.688. The predicted molar refractivity (Wildman–Crippen MR) is 93.6 cm³/mol. The maximum Gasteiger partial charge on any atom is 0.125 e. The standard InChI is InChI=1S/C20H18F2N2O/c1-13-11-24(12-20(25-13)14-2-4-15(21)5-3-14)19-8-9-23-18-10-16(22)6-7-17(18)19/h2-10,13,20H,11-12H2,1H3. The number of ether oxygens (including phenoxy) is 1. The molecule has 1 fully saturated rings. The fraction of sp³-hybridized carbons (Fsp3) is 0.250. The van der Waals surface area contributed by atoms with Gasteiger partial charge in [0, 0.05) is 36.4 Å². The molecule has 2 atom stereocenters. The number of benzene rings is 2. The molecule has 3 nitrogen and oxygen atoms in total. The highest BCUT2D eigenvalue weighted by Gasteiger charge is 2.27. The van der Waals surface area contributed by atoms with Crippen molar-refractivity contribution >= 4 is 16.6 Å². The molecule has 0 radical (unpaired) electrons. The topological polar surface area (TPSA) is 25.4 Å². The number of nitrogens with zero attached hydrogens (tertiary/aromatic N) is 2. The third kappa shape index (κ3) is 3.20. The normalized spacial score (nSPS) is 20.8. The minimum Gasteiger partial charge on any atom is -0.367 e. The summed E-state index contributed by atoms with van der Waals surface area (Å²) in [6.45, 7) is 3.40. The van der Waals surface area contributed by atoms with Crippen molar-refractivity contribution in [2.24, 2.45) is 0 Å². The molecule has 2 unspecified atom stereocenters. The van der Waals surface area contributed by atoms with E-state index in [1.54, 1.807) is 24.4 Å². The Kier molecular flexibility index (Phi) is 4.09. The number of hydrogen-bond donors (Lipinski definition) is 0. The first-order valence-corrected chi connectivity index (χ1v) is 8.30. The second-order valence-electron chi connectivity index (χ2n) is 6.38. The highest BCUT2D eigenvalue weighted by atomic mass is 19.1. The lowest BCUT2D eigenvalue weighted by Crippen LogP contribution is -2.43. The molecule has 4 rings (SSSR count). The van der Waals surface area contributed by atoms with Gasteiger partial charge in [0.05, 0.1) is 11.6 Å². The van der Waals surface area contributed by atoms with Crippen LogP contribution in [0, 0.1) is 11.6 Å². The van der Waals surface area contributed by atoms with Gasteiger partial charge in [0.2, 0.25) is 0 Å². The average Bonchev–Trinajstić information content (AvgIpc) is 2.61. The molecule has 1 aromatic heterocycles. The van der Waals surface area contributed by atoms with Gasteiger partial charge in [0.25, 0.3) is 0 Å². The molecule has 0 spiro atoms. The van der Waals surface area contributed by atoms with E-state index in [4.69, 9.17) is 4.74 Å². The van der Waals surface area contributed by atoms with Gasteiger partial charge >= 0.3 is 0 Å². The van der Waals surface area contributed by atoms with E-state index in [0.717, 1.165) is 23.2 Å². The van der Waals surface area contributed by atoms with Crippen LogP contribution in [0.4, 0.5) is 14.5 Å². The van der Waals surface area contributed by atoms with E-state index in [1.807, 2.05) is 13.0 Å². The second kappa shape index (κ2) is 6.41. The summed E-state index contributed by atoms with van der Waals surface area (Å²) in [4.78, 5) is 6.49. The zero-order chi connectivity index (χ0) is 17.4. The minimum atomic E-state index is -0.295. The first-order valence-electron chi connectivity index (χ1n) is 8.30. The van der Waals surface area contributed by atoms with Crippen LogP contribution in [0.25, 0.3) is 10.9 Å². The molecule has 1 aliphatic rings. The molecule has 2 heterocycles. The number of fused-ring (bicyclic) bond motifs is 1. The highest BCUT2D eigenvalue weighted by Crippen LogP contribution is 2.32. The predicted octanol–water partition coefficient (Wildman–Crippen LogP) is 4.48. The van der Waals surface area contributed by atoms with Crippen molar-refractivity contribution in [3.8, 4) is 0 Å². The lowest BCUT2D eigenvalue weighted by Gasteiger charge is -2.38.